The third-order valence-corrected chi connectivity index (χ3v) is 3.70. The highest BCUT2D eigenvalue weighted by molar-refractivity contribution is 7.99. The highest BCUT2D eigenvalue weighted by atomic mass is 32.2. The average Bonchev–Trinajstić information content (AvgIpc) is 2.60. The van der Waals surface area contributed by atoms with E-state index < -0.39 is 30.0 Å². The van der Waals surface area contributed by atoms with Crippen LogP contribution in [0.5, 0.6) is 0 Å². The molecular weight excluding hydrogens is 378 g/mol. The van der Waals surface area contributed by atoms with E-state index in [9.17, 15) is 19.2 Å². The number of amides is 3. The molecule has 0 bridgehead atoms. The lowest BCUT2D eigenvalue weighted by atomic mass is 10.3. The van der Waals surface area contributed by atoms with E-state index in [0.717, 1.165) is 11.8 Å². The fourth-order valence-electron chi connectivity index (χ4n) is 1.64. The minimum Gasteiger partial charge on any atom is -0.462 e. The van der Waals surface area contributed by atoms with E-state index in [1.807, 2.05) is 5.32 Å². The van der Waals surface area contributed by atoms with Crippen LogP contribution in [0.4, 0.5) is 10.6 Å². The number of aromatic nitrogens is 2. The smallest absolute Gasteiger partial charge is 0.343 e. The molecule has 4 N–H and O–H groups in total. The van der Waals surface area contributed by atoms with Gasteiger partial charge in [0.05, 0.1) is 12.4 Å². The molecule has 0 spiro atoms. The van der Waals surface area contributed by atoms with Crippen molar-refractivity contribution < 1.29 is 28.7 Å². The summed E-state index contributed by atoms with van der Waals surface area (Å²) in [6.07, 6.45) is 0.0500. The van der Waals surface area contributed by atoms with Crippen molar-refractivity contribution in [2.24, 2.45) is 0 Å². The van der Waals surface area contributed by atoms with Crippen LogP contribution in [-0.2, 0) is 19.1 Å². The SMILES string of the molecule is CCNC(=O)NC(=O)C(C)OC(=O)CSc1ncc(C(=O)OCC)c(N)n1. The molecule has 0 saturated heterocycles. The number of nitrogens with one attached hydrogen (secondary N) is 2. The number of anilines is 1. The predicted octanol–water partition coefficient (Wildman–Crippen LogP) is 0.105. The van der Waals surface area contributed by atoms with Gasteiger partial charge in [0.25, 0.3) is 5.91 Å². The van der Waals surface area contributed by atoms with E-state index in [4.69, 9.17) is 15.2 Å². The molecule has 0 aliphatic carbocycles. The predicted molar refractivity (Wildman–Crippen MR) is 95.9 cm³/mol. The lowest BCUT2D eigenvalue weighted by Crippen LogP contribution is -2.44. The molecule has 12 heteroatoms. The Kier molecular flexibility index (Phi) is 8.99. The summed E-state index contributed by atoms with van der Waals surface area (Å²) < 4.78 is 9.73. The number of esters is 2. The monoisotopic (exact) mass is 399 g/mol. The first-order chi connectivity index (χ1) is 12.8. The molecule has 0 radical (unpaired) electrons. The second-order valence-electron chi connectivity index (χ2n) is 4.94. The van der Waals surface area contributed by atoms with Crippen molar-refractivity contribution in [3.8, 4) is 0 Å². The number of nitrogen functional groups attached to an aromatic ring is 1. The largest absolute Gasteiger partial charge is 0.462 e. The molecule has 0 aliphatic rings. The first-order valence-corrected chi connectivity index (χ1v) is 8.97. The van der Waals surface area contributed by atoms with Crippen molar-refractivity contribution in [1.29, 1.82) is 0 Å². The van der Waals surface area contributed by atoms with Gasteiger partial charge >= 0.3 is 18.0 Å². The quantitative estimate of drug-likeness (QED) is 0.310. The van der Waals surface area contributed by atoms with Crippen LogP contribution >= 0.6 is 11.8 Å². The summed E-state index contributed by atoms with van der Waals surface area (Å²) in [5.74, 6) is -2.38. The van der Waals surface area contributed by atoms with Crippen LogP contribution < -0.4 is 16.4 Å². The van der Waals surface area contributed by atoms with Crippen LogP contribution in [0.2, 0.25) is 0 Å². The summed E-state index contributed by atoms with van der Waals surface area (Å²) >= 11 is 0.912. The number of rotatable bonds is 8. The highest BCUT2D eigenvalue weighted by Crippen LogP contribution is 2.17. The molecule has 0 saturated carbocycles. The molecule has 148 valence electrons. The van der Waals surface area contributed by atoms with Crippen LogP contribution in [0.15, 0.2) is 11.4 Å². The van der Waals surface area contributed by atoms with E-state index in [1.165, 1.54) is 13.1 Å². The maximum Gasteiger partial charge on any atom is 0.343 e. The van der Waals surface area contributed by atoms with Crippen molar-refractivity contribution in [3.63, 3.8) is 0 Å². The number of thioether (sulfide) groups is 1. The zero-order chi connectivity index (χ0) is 20.4. The number of carbonyl (C=O) groups excluding carboxylic acids is 4. The Morgan fingerprint density at radius 1 is 1.30 bits per heavy atom. The molecule has 0 aromatic carbocycles. The third kappa shape index (κ3) is 7.48. The van der Waals surface area contributed by atoms with Crippen molar-refractivity contribution in [2.75, 3.05) is 24.6 Å². The van der Waals surface area contributed by atoms with Crippen LogP contribution in [0, 0.1) is 0 Å². The van der Waals surface area contributed by atoms with Crippen molar-refractivity contribution in [1.82, 2.24) is 20.6 Å². The van der Waals surface area contributed by atoms with Gasteiger partial charge in [-0.05, 0) is 20.8 Å². The Hall–Kier alpha value is -2.89. The molecule has 1 unspecified atom stereocenters. The van der Waals surface area contributed by atoms with Gasteiger partial charge < -0.3 is 20.5 Å². The molecule has 27 heavy (non-hydrogen) atoms. The molecule has 3 amide bonds. The van der Waals surface area contributed by atoms with E-state index in [-0.39, 0.29) is 28.9 Å². The Morgan fingerprint density at radius 2 is 2.00 bits per heavy atom. The Labute approximate surface area is 159 Å². The number of hydrogen-bond acceptors (Lipinski definition) is 10. The zero-order valence-corrected chi connectivity index (χ0v) is 15.9. The average molecular weight is 399 g/mol. The molecule has 1 rings (SSSR count). The van der Waals surface area contributed by atoms with Crippen LogP contribution in [-0.4, -0.2) is 58.9 Å². The standard InChI is InChI=1S/C15H21N5O6S/c1-4-17-14(24)20-12(22)8(3)26-10(21)7-27-15-18-6-9(11(16)19-15)13(23)25-5-2/h6,8H,4-5,7H2,1-3H3,(H2,16,18,19)(H2,17,20,22,24). The fourth-order valence-corrected chi connectivity index (χ4v) is 2.25. The molecule has 0 fully saturated rings. The Balaban J connectivity index is 2.52. The minimum atomic E-state index is -1.15. The van der Waals surface area contributed by atoms with Crippen molar-refractivity contribution >= 4 is 41.5 Å². The lowest BCUT2D eigenvalue weighted by Gasteiger charge is -2.12. The number of nitrogens with zero attached hydrogens (tertiary/aromatic N) is 2. The van der Waals surface area contributed by atoms with Gasteiger partial charge in [0.2, 0.25) is 0 Å². The second-order valence-corrected chi connectivity index (χ2v) is 5.88. The molecule has 1 atom stereocenters. The van der Waals surface area contributed by atoms with Gasteiger partial charge in [0.15, 0.2) is 11.3 Å². The number of imide groups is 1. The maximum atomic E-state index is 11.8. The summed E-state index contributed by atoms with van der Waals surface area (Å²) in [5, 5.41) is 4.57. The van der Waals surface area contributed by atoms with Gasteiger partial charge in [-0.1, -0.05) is 11.8 Å². The lowest BCUT2D eigenvalue weighted by molar-refractivity contribution is -0.151. The van der Waals surface area contributed by atoms with Gasteiger partial charge in [-0.25, -0.2) is 19.6 Å². The van der Waals surface area contributed by atoms with Gasteiger partial charge in [-0.2, -0.15) is 0 Å². The topological polar surface area (TPSA) is 163 Å². The number of nitrogens with two attached hydrogens (primary N) is 1. The number of urea groups is 1. The fraction of sp³-hybridized carbons (Fsp3) is 0.467. The zero-order valence-electron chi connectivity index (χ0n) is 15.1. The van der Waals surface area contributed by atoms with Crippen LogP contribution in [0.1, 0.15) is 31.1 Å². The van der Waals surface area contributed by atoms with E-state index in [0.29, 0.717) is 6.54 Å². The summed E-state index contributed by atoms with van der Waals surface area (Å²) in [5.41, 5.74) is 5.71. The normalized spacial score (nSPS) is 11.2. The van der Waals surface area contributed by atoms with Crippen LogP contribution in [0.25, 0.3) is 0 Å². The molecule has 1 heterocycles. The highest BCUT2D eigenvalue weighted by Gasteiger charge is 2.20. The van der Waals surface area contributed by atoms with E-state index >= 15 is 0 Å². The molecule has 0 aliphatic heterocycles. The molecular formula is C15H21N5O6S. The van der Waals surface area contributed by atoms with Crippen LogP contribution in [0.3, 0.4) is 0 Å². The number of carbonyl (C=O) groups is 4. The molecule has 1 aromatic rings. The Bertz CT molecular complexity index is 714. The maximum absolute atomic E-state index is 11.8. The molecule has 1 aromatic heterocycles. The second kappa shape index (κ2) is 11.0. The van der Waals surface area contributed by atoms with Gasteiger partial charge in [-0.3, -0.25) is 14.9 Å². The first-order valence-electron chi connectivity index (χ1n) is 7.99. The summed E-state index contributed by atoms with van der Waals surface area (Å²) in [6, 6.07) is -0.676. The third-order valence-electron chi connectivity index (χ3n) is 2.86. The van der Waals surface area contributed by atoms with E-state index in [1.54, 1.807) is 13.8 Å². The number of ether oxygens (including phenoxy) is 2. The van der Waals surface area contributed by atoms with Gasteiger partial charge in [0.1, 0.15) is 11.4 Å². The minimum absolute atomic E-state index is 0.0272. The van der Waals surface area contributed by atoms with Gasteiger partial charge in [-0.15, -0.1) is 0 Å². The summed E-state index contributed by atoms with van der Waals surface area (Å²) in [7, 11) is 0. The molecule has 11 nitrogen and oxygen atoms in total. The summed E-state index contributed by atoms with van der Waals surface area (Å²) in [6.45, 7) is 5.22. The summed E-state index contributed by atoms with van der Waals surface area (Å²) in [4.78, 5) is 54.2. The van der Waals surface area contributed by atoms with E-state index in [2.05, 4.69) is 15.3 Å². The van der Waals surface area contributed by atoms with Crippen molar-refractivity contribution in [3.05, 3.63) is 11.8 Å². The van der Waals surface area contributed by atoms with Gasteiger partial charge in [0, 0.05) is 12.7 Å². The van der Waals surface area contributed by atoms with Crippen molar-refractivity contribution in [2.45, 2.75) is 32.0 Å². The number of hydrogen-bond donors (Lipinski definition) is 3. The first kappa shape index (κ1) is 22.2. The Morgan fingerprint density at radius 3 is 2.59 bits per heavy atom.